The summed E-state index contributed by atoms with van der Waals surface area (Å²) in [5, 5.41) is 5.74. The van der Waals surface area contributed by atoms with Crippen molar-refractivity contribution in [2.45, 2.75) is 24.8 Å². The molecule has 212 valence electrons. The molecular formula is C22H19ClF6N4O5S. The predicted octanol–water partition coefficient (Wildman–Crippen LogP) is 3.46. The molecule has 3 rings (SSSR count). The van der Waals surface area contributed by atoms with Crippen molar-refractivity contribution in [1.82, 2.24) is 10.6 Å². The Morgan fingerprint density at radius 1 is 1.13 bits per heavy atom. The van der Waals surface area contributed by atoms with Crippen molar-refractivity contribution >= 4 is 57.9 Å². The van der Waals surface area contributed by atoms with E-state index in [0.717, 1.165) is 34.4 Å². The standard InChI is InChI=1S/C22H19ClF6N4O5S/c23-15-4-3-14(39-15)19(36)30-8-12(32-21(37)22(28,29)20(26)27)18(35)31-10-1-2-13(11(7-10)17(24)25)33-5-6-38-9-16(33)34/h1-4,7,12,17,20H,5-6,8-9H2,(H,30,36)(H,31,35)(H,32,37)/t12-/m1/s1. The summed E-state index contributed by atoms with van der Waals surface area (Å²) < 4.78 is 85.1. The van der Waals surface area contributed by atoms with Crippen LogP contribution in [0.25, 0.3) is 0 Å². The lowest BCUT2D eigenvalue weighted by atomic mass is 10.1. The first-order valence-electron chi connectivity index (χ1n) is 10.9. The number of nitrogens with zero attached hydrogens (tertiary/aromatic N) is 1. The molecule has 39 heavy (non-hydrogen) atoms. The van der Waals surface area contributed by atoms with Crippen LogP contribution in [0.3, 0.4) is 0 Å². The summed E-state index contributed by atoms with van der Waals surface area (Å²) in [5.41, 5.74) is -1.11. The van der Waals surface area contributed by atoms with Crippen LogP contribution in [-0.4, -0.2) is 68.3 Å². The molecule has 4 amide bonds. The number of carbonyl (C=O) groups excluding carboxylic acids is 4. The monoisotopic (exact) mass is 600 g/mol. The van der Waals surface area contributed by atoms with Gasteiger partial charge in [-0.2, -0.15) is 8.78 Å². The highest BCUT2D eigenvalue weighted by molar-refractivity contribution is 7.18. The third-order valence-corrected chi connectivity index (χ3v) is 6.50. The number of halogens is 7. The van der Waals surface area contributed by atoms with Crippen LogP contribution in [0.5, 0.6) is 0 Å². The Morgan fingerprint density at radius 3 is 2.44 bits per heavy atom. The second-order valence-corrected chi connectivity index (χ2v) is 9.64. The molecule has 9 nitrogen and oxygen atoms in total. The molecule has 3 N–H and O–H groups in total. The van der Waals surface area contributed by atoms with Gasteiger partial charge in [0.15, 0.2) is 0 Å². The van der Waals surface area contributed by atoms with E-state index in [2.05, 4.69) is 10.6 Å². The molecule has 2 heterocycles. The summed E-state index contributed by atoms with van der Waals surface area (Å²) >= 11 is 6.58. The van der Waals surface area contributed by atoms with Gasteiger partial charge in [0.05, 0.1) is 21.5 Å². The molecule has 0 radical (unpaired) electrons. The molecule has 1 fully saturated rings. The fraction of sp³-hybridized carbons (Fsp3) is 0.364. The number of ether oxygens (including phenoxy) is 1. The van der Waals surface area contributed by atoms with E-state index in [1.165, 1.54) is 17.4 Å². The lowest BCUT2D eigenvalue weighted by Crippen LogP contribution is -2.56. The Hall–Kier alpha value is -3.37. The van der Waals surface area contributed by atoms with E-state index in [-0.39, 0.29) is 40.3 Å². The molecule has 2 aromatic rings. The Labute approximate surface area is 225 Å². The van der Waals surface area contributed by atoms with Gasteiger partial charge in [-0.05, 0) is 30.3 Å². The summed E-state index contributed by atoms with van der Waals surface area (Å²) in [6, 6.07) is 3.72. The third-order valence-electron chi connectivity index (χ3n) is 5.27. The van der Waals surface area contributed by atoms with Crippen molar-refractivity contribution in [3.8, 4) is 0 Å². The first kappa shape index (κ1) is 30.2. The number of rotatable bonds is 10. The average molecular weight is 601 g/mol. The summed E-state index contributed by atoms with van der Waals surface area (Å²) in [6.45, 7) is -1.07. The summed E-state index contributed by atoms with van der Waals surface area (Å²) in [5.74, 6) is -10.4. The van der Waals surface area contributed by atoms with Crippen molar-refractivity contribution in [1.29, 1.82) is 0 Å². The largest absolute Gasteiger partial charge is 0.383 e. The van der Waals surface area contributed by atoms with Crippen LogP contribution in [0.2, 0.25) is 4.34 Å². The molecule has 1 aromatic carbocycles. The number of amides is 4. The number of alkyl halides is 6. The second kappa shape index (κ2) is 12.7. The zero-order chi connectivity index (χ0) is 28.9. The molecular weight excluding hydrogens is 582 g/mol. The predicted molar refractivity (Wildman–Crippen MR) is 128 cm³/mol. The maximum atomic E-state index is 13.8. The van der Waals surface area contributed by atoms with E-state index in [4.69, 9.17) is 16.3 Å². The number of hydrogen-bond donors (Lipinski definition) is 3. The van der Waals surface area contributed by atoms with Crippen LogP contribution < -0.4 is 20.9 Å². The van der Waals surface area contributed by atoms with E-state index in [0.29, 0.717) is 0 Å². The maximum Gasteiger partial charge on any atom is 0.383 e. The first-order valence-corrected chi connectivity index (χ1v) is 12.1. The van der Waals surface area contributed by atoms with Gasteiger partial charge in [0.25, 0.3) is 24.1 Å². The van der Waals surface area contributed by atoms with Gasteiger partial charge in [0.1, 0.15) is 12.6 Å². The highest BCUT2D eigenvalue weighted by atomic mass is 35.5. The minimum absolute atomic E-state index is 0.00807. The van der Waals surface area contributed by atoms with Crippen molar-refractivity contribution in [3.63, 3.8) is 0 Å². The number of hydrogen-bond acceptors (Lipinski definition) is 6. The highest BCUT2D eigenvalue weighted by Crippen LogP contribution is 2.33. The zero-order valence-corrected chi connectivity index (χ0v) is 21.1. The number of nitrogens with one attached hydrogen (secondary N) is 3. The minimum atomic E-state index is -5.17. The SMILES string of the molecule is O=C(NC[C@@H](NC(=O)C(F)(F)C(F)F)C(=O)Nc1ccc(N2CCOCC2=O)c(C(F)F)c1)c1ccc(Cl)s1. The van der Waals surface area contributed by atoms with Gasteiger partial charge in [-0.3, -0.25) is 19.2 Å². The quantitative estimate of drug-likeness (QED) is 0.361. The van der Waals surface area contributed by atoms with E-state index in [1.54, 1.807) is 0 Å². The zero-order valence-electron chi connectivity index (χ0n) is 19.5. The van der Waals surface area contributed by atoms with Gasteiger partial charge in [0.2, 0.25) is 5.91 Å². The molecule has 17 heteroatoms. The molecule has 0 aliphatic carbocycles. The molecule has 1 aromatic heterocycles. The number of morpholine rings is 1. The van der Waals surface area contributed by atoms with Gasteiger partial charge < -0.3 is 25.6 Å². The van der Waals surface area contributed by atoms with Gasteiger partial charge in [-0.25, -0.2) is 17.6 Å². The fourth-order valence-electron chi connectivity index (χ4n) is 3.34. The van der Waals surface area contributed by atoms with Crippen LogP contribution in [0, 0.1) is 0 Å². The van der Waals surface area contributed by atoms with Gasteiger partial charge in [-0.15, -0.1) is 11.3 Å². The van der Waals surface area contributed by atoms with Crippen LogP contribution in [0.15, 0.2) is 30.3 Å². The van der Waals surface area contributed by atoms with Crippen LogP contribution in [0.1, 0.15) is 21.7 Å². The van der Waals surface area contributed by atoms with E-state index in [1.807, 2.05) is 0 Å². The van der Waals surface area contributed by atoms with Crippen molar-refractivity contribution in [2.75, 3.05) is 36.5 Å². The highest BCUT2D eigenvalue weighted by Gasteiger charge is 2.50. The average Bonchev–Trinajstić information content (AvgIpc) is 3.32. The molecule has 1 saturated heterocycles. The van der Waals surface area contributed by atoms with E-state index >= 15 is 0 Å². The number of carbonyl (C=O) groups is 4. The molecule has 0 bridgehead atoms. The molecule has 0 unspecified atom stereocenters. The van der Waals surface area contributed by atoms with Crippen LogP contribution in [0.4, 0.5) is 37.7 Å². The minimum Gasteiger partial charge on any atom is -0.370 e. The molecule has 1 atom stereocenters. The van der Waals surface area contributed by atoms with E-state index < -0.39 is 60.6 Å². The molecule has 1 aliphatic heterocycles. The molecule has 0 saturated carbocycles. The molecule has 1 aliphatic rings. The lowest BCUT2D eigenvalue weighted by molar-refractivity contribution is -0.170. The topological polar surface area (TPSA) is 117 Å². The van der Waals surface area contributed by atoms with Crippen molar-refractivity contribution in [3.05, 3.63) is 45.1 Å². The van der Waals surface area contributed by atoms with Gasteiger partial charge in [-0.1, -0.05) is 11.6 Å². The van der Waals surface area contributed by atoms with Crippen LogP contribution in [-0.2, 0) is 19.1 Å². The molecule has 0 spiro atoms. The van der Waals surface area contributed by atoms with Crippen molar-refractivity contribution < 1.29 is 50.3 Å². The maximum absolute atomic E-state index is 13.8. The van der Waals surface area contributed by atoms with Crippen molar-refractivity contribution in [2.24, 2.45) is 0 Å². The second-order valence-electron chi connectivity index (χ2n) is 7.92. The fourth-order valence-corrected chi connectivity index (χ4v) is 4.30. The van der Waals surface area contributed by atoms with Gasteiger partial charge >= 0.3 is 12.3 Å². The first-order chi connectivity index (χ1) is 18.3. The third kappa shape index (κ3) is 7.39. The summed E-state index contributed by atoms with van der Waals surface area (Å²) in [7, 11) is 0. The Balaban J connectivity index is 1.82. The summed E-state index contributed by atoms with van der Waals surface area (Å²) in [6.07, 6.45) is -7.50. The number of anilines is 2. The Kier molecular flexibility index (Phi) is 9.79. The Morgan fingerprint density at radius 2 is 1.85 bits per heavy atom. The normalized spacial score (nSPS) is 14.9. The van der Waals surface area contributed by atoms with Crippen LogP contribution >= 0.6 is 22.9 Å². The number of thiophene rings is 1. The van der Waals surface area contributed by atoms with E-state index in [9.17, 15) is 45.5 Å². The number of benzene rings is 1. The Bertz CT molecular complexity index is 1250. The lowest BCUT2D eigenvalue weighted by Gasteiger charge is -2.29. The summed E-state index contributed by atoms with van der Waals surface area (Å²) in [4.78, 5) is 50.1. The smallest absolute Gasteiger partial charge is 0.370 e. The van der Waals surface area contributed by atoms with Gasteiger partial charge in [0, 0.05) is 24.3 Å².